The Bertz CT molecular complexity index is 904. The zero-order chi connectivity index (χ0) is 21.0. The number of rotatable bonds is 9. The molecule has 1 atom stereocenters. The lowest BCUT2D eigenvalue weighted by atomic mass is 9.95. The molecule has 2 heterocycles. The average Bonchev–Trinajstić information content (AvgIpc) is 3.31. The van der Waals surface area contributed by atoms with Crippen molar-refractivity contribution in [3.05, 3.63) is 63.6 Å². The highest BCUT2D eigenvalue weighted by atomic mass is 32.1. The number of nitrogens with zero attached hydrogens (tertiary/aromatic N) is 1. The van der Waals surface area contributed by atoms with Gasteiger partial charge in [-0.3, -0.25) is 9.59 Å². The Hall–Kier alpha value is -2.64. The van der Waals surface area contributed by atoms with E-state index in [1.807, 2.05) is 39.0 Å². The quantitative estimate of drug-likeness (QED) is 0.623. The lowest BCUT2D eigenvalue weighted by molar-refractivity contribution is -0.130. The second kappa shape index (κ2) is 9.24. The Morgan fingerprint density at radius 2 is 2.07 bits per heavy atom. The van der Waals surface area contributed by atoms with Crippen molar-refractivity contribution < 1.29 is 24.2 Å². The predicted molar refractivity (Wildman–Crippen MR) is 111 cm³/mol. The van der Waals surface area contributed by atoms with Gasteiger partial charge in [0, 0.05) is 6.54 Å². The van der Waals surface area contributed by atoms with E-state index < -0.39 is 17.7 Å². The van der Waals surface area contributed by atoms with Gasteiger partial charge >= 0.3 is 0 Å². The Morgan fingerprint density at radius 1 is 1.28 bits per heavy atom. The van der Waals surface area contributed by atoms with Gasteiger partial charge in [0.25, 0.3) is 5.91 Å². The molecule has 1 amide bonds. The summed E-state index contributed by atoms with van der Waals surface area (Å²) in [6.45, 7) is 6.77. The zero-order valence-corrected chi connectivity index (χ0v) is 17.6. The molecule has 0 saturated carbocycles. The third-order valence-corrected chi connectivity index (χ3v) is 5.43. The maximum absolute atomic E-state index is 13.1. The summed E-state index contributed by atoms with van der Waals surface area (Å²) in [5.74, 6) is -0.765. The van der Waals surface area contributed by atoms with E-state index in [2.05, 4.69) is 0 Å². The van der Waals surface area contributed by atoms with Crippen LogP contribution in [0.3, 0.4) is 0 Å². The van der Waals surface area contributed by atoms with Crippen LogP contribution in [-0.2, 0) is 9.53 Å². The minimum atomic E-state index is -0.701. The van der Waals surface area contributed by atoms with Crippen LogP contribution in [0.2, 0.25) is 0 Å². The fourth-order valence-corrected chi connectivity index (χ4v) is 4.01. The minimum absolute atomic E-state index is 0.0150. The van der Waals surface area contributed by atoms with E-state index in [-0.39, 0.29) is 24.0 Å². The molecule has 0 saturated heterocycles. The molecule has 0 fully saturated rings. The summed E-state index contributed by atoms with van der Waals surface area (Å²) in [5, 5.41) is 12.4. The van der Waals surface area contributed by atoms with Crippen LogP contribution < -0.4 is 4.74 Å². The molecule has 2 aromatic rings. The average molecular weight is 416 g/mol. The Labute approximate surface area is 174 Å². The van der Waals surface area contributed by atoms with Crippen LogP contribution in [-0.4, -0.2) is 47.6 Å². The molecule has 1 unspecified atom stereocenters. The van der Waals surface area contributed by atoms with Crippen LogP contribution in [0.4, 0.5) is 0 Å². The van der Waals surface area contributed by atoms with Crippen molar-refractivity contribution in [1.29, 1.82) is 0 Å². The van der Waals surface area contributed by atoms with Crippen molar-refractivity contribution >= 4 is 23.0 Å². The van der Waals surface area contributed by atoms with Crippen LogP contribution in [0, 0.1) is 0 Å². The Kier molecular flexibility index (Phi) is 6.71. The molecule has 0 aliphatic carbocycles. The maximum atomic E-state index is 13.1. The summed E-state index contributed by atoms with van der Waals surface area (Å²) in [6, 6.07) is 10.0. The molecule has 1 N–H and O–H groups in total. The number of amides is 1. The van der Waals surface area contributed by atoms with E-state index in [0.29, 0.717) is 29.4 Å². The van der Waals surface area contributed by atoms with Gasteiger partial charge in [-0.05, 0) is 49.9 Å². The van der Waals surface area contributed by atoms with Crippen LogP contribution in [0.15, 0.2) is 53.1 Å². The van der Waals surface area contributed by atoms with E-state index in [1.165, 1.54) is 16.2 Å². The van der Waals surface area contributed by atoms with Crippen LogP contribution in [0.25, 0.3) is 0 Å². The number of aliphatic hydroxyl groups excluding tert-OH is 1. The molecule has 6 nitrogen and oxygen atoms in total. The van der Waals surface area contributed by atoms with E-state index >= 15 is 0 Å². The molecule has 0 spiro atoms. The first-order valence-corrected chi connectivity index (χ1v) is 10.5. The smallest absolute Gasteiger partial charge is 0.290 e. The second-order valence-corrected chi connectivity index (χ2v) is 7.84. The number of Topliss-reactive ketones (excluding diaryl/α,β-unsaturated/α-hetero) is 1. The van der Waals surface area contributed by atoms with Crippen LogP contribution in [0.5, 0.6) is 5.75 Å². The van der Waals surface area contributed by atoms with Crippen molar-refractivity contribution in [2.75, 3.05) is 19.8 Å². The number of aliphatic hydroxyl groups is 1. The molecule has 0 radical (unpaired) electrons. The van der Waals surface area contributed by atoms with Crippen molar-refractivity contribution in [2.45, 2.75) is 32.9 Å². The van der Waals surface area contributed by atoms with Gasteiger partial charge in [-0.2, -0.15) is 0 Å². The molecular formula is C22H25NO5S. The molecule has 154 valence electrons. The molecule has 1 aliphatic rings. The normalized spacial score (nSPS) is 16.8. The first-order chi connectivity index (χ1) is 13.9. The molecule has 1 aromatic carbocycles. The Balaban J connectivity index is 2.01. The van der Waals surface area contributed by atoms with E-state index in [4.69, 9.17) is 9.47 Å². The number of hydrogen-bond donors (Lipinski definition) is 1. The summed E-state index contributed by atoms with van der Waals surface area (Å²) in [4.78, 5) is 27.9. The van der Waals surface area contributed by atoms with Gasteiger partial charge in [-0.15, -0.1) is 11.3 Å². The number of carbonyl (C=O) groups excluding carboxylic acids is 2. The fraction of sp³-hybridized carbons (Fsp3) is 0.364. The maximum Gasteiger partial charge on any atom is 0.290 e. The lowest BCUT2D eigenvalue weighted by Gasteiger charge is -2.27. The third kappa shape index (κ3) is 4.52. The largest absolute Gasteiger partial charge is 0.503 e. The number of ketones is 1. The Morgan fingerprint density at radius 3 is 2.72 bits per heavy atom. The van der Waals surface area contributed by atoms with E-state index in [0.717, 1.165) is 0 Å². The van der Waals surface area contributed by atoms with Gasteiger partial charge in [0.2, 0.25) is 5.78 Å². The van der Waals surface area contributed by atoms with Gasteiger partial charge in [0.15, 0.2) is 5.76 Å². The van der Waals surface area contributed by atoms with E-state index in [1.54, 1.807) is 23.6 Å². The van der Waals surface area contributed by atoms with Crippen molar-refractivity contribution in [1.82, 2.24) is 4.90 Å². The van der Waals surface area contributed by atoms with Crippen LogP contribution >= 0.6 is 11.3 Å². The molecule has 0 bridgehead atoms. The van der Waals surface area contributed by atoms with E-state index in [9.17, 15) is 14.7 Å². The second-order valence-electron chi connectivity index (χ2n) is 6.89. The van der Waals surface area contributed by atoms with Crippen molar-refractivity contribution in [3.8, 4) is 5.75 Å². The van der Waals surface area contributed by atoms with Crippen molar-refractivity contribution in [3.63, 3.8) is 0 Å². The molecule has 1 aliphatic heterocycles. The standard InChI is InChI=1S/C22H25NO5S/c1-4-27-16-8-5-7-15(13-16)19-18(20(24)17-9-6-12-29-17)21(25)22(26)23(19)10-11-28-14(2)3/h5-9,12-14,19,25H,4,10-11H2,1-3H3. The molecule has 29 heavy (non-hydrogen) atoms. The summed E-state index contributed by atoms with van der Waals surface area (Å²) in [7, 11) is 0. The first-order valence-electron chi connectivity index (χ1n) is 9.60. The number of carbonyl (C=O) groups is 2. The summed E-state index contributed by atoms with van der Waals surface area (Å²) >= 11 is 1.28. The first kappa shape index (κ1) is 21.1. The summed E-state index contributed by atoms with van der Waals surface area (Å²) in [6.07, 6.45) is 0.0150. The van der Waals surface area contributed by atoms with Gasteiger partial charge in [-0.25, -0.2) is 0 Å². The highest BCUT2D eigenvalue weighted by molar-refractivity contribution is 7.12. The number of benzene rings is 1. The molecule has 7 heteroatoms. The molecular weight excluding hydrogens is 390 g/mol. The number of ether oxygens (including phenoxy) is 2. The third-order valence-electron chi connectivity index (χ3n) is 4.56. The zero-order valence-electron chi connectivity index (χ0n) is 16.8. The molecule has 1 aromatic heterocycles. The predicted octanol–water partition coefficient (Wildman–Crippen LogP) is 4.15. The van der Waals surface area contributed by atoms with Gasteiger partial charge < -0.3 is 19.5 Å². The number of hydrogen-bond acceptors (Lipinski definition) is 6. The minimum Gasteiger partial charge on any atom is -0.503 e. The number of thiophene rings is 1. The van der Waals surface area contributed by atoms with Crippen LogP contribution in [0.1, 0.15) is 42.0 Å². The SMILES string of the molecule is CCOc1cccc(C2C(C(=O)c3cccs3)=C(O)C(=O)N2CCOC(C)C)c1. The fourth-order valence-electron chi connectivity index (χ4n) is 3.33. The summed E-state index contributed by atoms with van der Waals surface area (Å²) in [5.41, 5.74) is 0.799. The highest BCUT2D eigenvalue weighted by Gasteiger charge is 2.43. The summed E-state index contributed by atoms with van der Waals surface area (Å²) < 4.78 is 11.2. The van der Waals surface area contributed by atoms with Gasteiger partial charge in [-0.1, -0.05) is 18.2 Å². The lowest BCUT2D eigenvalue weighted by Crippen LogP contribution is -2.34. The highest BCUT2D eigenvalue weighted by Crippen LogP contribution is 2.40. The monoisotopic (exact) mass is 415 g/mol. The van der Waals surface area contributed by atoms with Crippen molar-refractivity contribution in [2.24, 2.45) is 0 Å². The topological polar surface area (TPSA) is 76.1 Å². The molecule has 3 rings (SSSR count). The van der Waals surface area contributed by atoms with Gasteiger partial charge in [0.05, 0.1) is 35.8 Å². The van der Waals surface area contributed by atoms with Gasteiger partial charge in [0.1, 0.15) is 5.75 Å².